The van der Waals surface area contributed by atoms with Gasteiger partial charge in [-0.05, 0) is 37.1 Å². The van der Waals surface area contributed by atoms with E-state index in [1.807, 2.05) is 59.5 Å². The van der Waals surface area contributed by atoms with Gasteiger partial charge in [0.25, 0.3) is 5.91 Å². The molecule has 0 bridgehead atoms. The SMILES string of the molecule is CCC(=O)Nc1cccc(-c2noc([C@H]3CCCN(C(=O)c4ccccc4)C3)n2)c1. The number of aromatic nitrogens is 2. The predicted octanol–water partition coefficient (Wildman–Crippen LogP) is 4.10. The zero-order valence-corrected chi connectivity index (χ0v) is 16.9. The van der Waals surface area contributed by atoms with Crippen LogP contribution in [-0.4, -0.2) is 39.9 Å². The molecule has 1 saturated heterocycles. The summed E-state index contributed by atoms with van der Waals surface area (Å²) in [5.41, 5.74) is 2.16. The fourth-order valence-electron chi connectivity index (χ4n) is 3.63. The molecule has 2 heterocycles. The van der Waals surface area contributed by atoms with Crippen molar-refractivity contribution in [2.45, 2.75) is 32.1 Å². The number of nitrogens with one attached hydrogen (secondary N) is 1. The lowest BCUT2D eigenvalue weighted by Crippen LogP contribution is -2.39. The van der Waals surface area contributed by atoms with Crippen LogP contribution in [0.1, 0.15) is 48.4 Å². The van der Waals surface area contributed by atoms with Gasteiger partial charge in [-0.3, -0.25) is 9.59 Å². The summed E-state index contributed by atoms with van der Waals surface area (Å²) in [6, 6.07) is 16.7. The lowest BCUT2D eigenvalue weighted by molar-refractivity contribution is -0.115. The van der Waals surface area contributed by atoms with E-state index in [2.05, 4.69) is 15.5 Å². The molecule has 7 nitrogen and oxygen atoms in total. The van der Waals surface area contributed by atoms with Crippen molar-refractivity contribution in [2.75, 3.05) is 18.4 Å². The van der Waals surface area contributed by atoms with Crippen LogP contribution in [0.5, 0.6) is 0 Å². The fourth-order valence-corrected chi connectivity index (χ4v) is 3.63. The minimum absolute atomic E-state index is 0.00985. The molecule has 154 valence electrons. The van der Waals surface area contributed by atoms with Gasteiger partial charge in [0, 0.05) is 36.3 Å². The Labute approximate surface area is 175 Å². The Morgan fingerprint density at radius 3 is 2.80 bits per heavy atom. The molecule has 7 heteroatoms. The summed E-state index contributed by atoms with van der Waals surface area (Å²) in [5.74, 6) is 1.00. The van der Waals surface area contributed by atoms with Gasteiger partial charge >= 0.3 is 0 Å². The van der Waals surface area contributed by atoms with Crippen LogP contribution >= 0.6 is 0 Å². The van der Waals surface area contributed by atoms with E-state index >= 15 is 0 Å². The van der Waals surface area contributed by atoms with Crippen LogP contribution in [0.15, 0.2) is 59.1 Å². The van der Waals surface area contributed by atoms with Crippen LogP contribution in [0, 0.1) is 0 Å². The second kappa shape index (κ2) is 8.90. The van der Waals surface area contributed by atoms with Gasteiger partial charge in [-0.25, -0.2) is 0 Å². The molecule has 1 N–H and O–H groups in total. The second-order valence-corrected chi connectivity index (χ2v) is 7.40. The summed E-state index contributed by atoms with van der Waals surface area (Å²) in [7, 11) is 0. The van der Waals surface area contributed by atoms with Gasteiger partial charge in [0.15, 0.2) is 0 Å². The van der Waals surface area contributed by atoms with Crippen LogP contribution < -0.4 is 5.32 Å². The Morgan fingerprint density at radius 2 is 2.00 bits per heavy atom. The van der Waals surface area contributed by atoms with Gasteiger partial charge in [-0.1, -0.05) is 42.4 Å². The van der Waals surface area contributed by atoms with Gasteiger partial charge in [0.2, 0.25) is 17.6 Å². The van der Waals surface area contributed by atoms with Crippen LogP contribution in [0.25, 0.3) is 11.4 Å². The summed E-state index contributed by atoms with van der Waals surface area (Å²) in [6.07, 6.45) is 2.20. The van der Waals surface area contributed by atoms with E-state index in [1.165, 1.54) is 0 Å². The quantitative estimate of drug-likeness (QED) is 0.691. The van der Waals surface area contributed by atoms with E-state index in [4.69, 9.17) is 4.52 Å². The largest absolute Gasteiger partial charge is 0.339 e. The molecular formula is C23H24N4O3. The summed E-state index contributed by atoms with van der Waals surface area (Å²) < 4.78 is 5.55. The highest BCUT2D eigenvalue weighted by Gasteiger charge is 2.29. The maximum Gasteiger partial charge on any atom is 0.253 e. The zero-order chi connectivity index (χ0) is 20.9. The summed E-state index contributed by atoms with van der Waals surface area (Å²) in [4.78, 5) is 30.9. The van der Waals surface area contributed by atoms with E-state index < -0.39 is 0 Å². The van der Waals surface area contributed by atoms with Crippen molar-refractivity contribution in [1.29, 1.82) is 0 Å². The molecule has 1 aliphatic heterocycles. The molecule has 1 atom stereocenters. The Balaban J connectivity index is 1.48. The van der Waals surface area contributed by atoms with Crippen molar-refractivity contribution in [3.05, 3.63) is 66.1 Å². The summed E-state index contributed by atoms with van der Waals surface area (Å²) in [6.45, 7) is 3.09. The van der Waals surface area contributed by atoms with Crippen molar-refractivity contribution in [2.24, 2.45) is 0 Å². The zero-order valence-electron chi connectivity index (χ0n) is 16.9. The average molecular weight is 404 g/mol. The lowest BCUT2D eigenvalue weighted by Gasteiger charge is -2.31. The molecular weight excluding hydrogens is 380 g/mol. The van der Waals surface area contributed by atoms with Gasteiger partial charge in [0.05, 0.1) is 5.92 Å². The molecule has 1 aliphatic rings. The molecule has 0 radical (unpaired) electrons. The van der Waals surface area contributed by atoms with E-state index in [0.717, 1.165) is 24.9 Å². The molecule has 0 aliphatic carbocycles. The third-order valence-corrected chi connectivity index (χ3v) is 5.25. The molecule has 2 amide bonds. The van der Waals surface area contributed by atoms with Crippen LogP contribution in [0.4, 0.5) is 5.69 Å². The maximum atomic E-state index is 12.8. The number of carbonyl (C=O) groups is 2. The number of amides is 2. The second-order valence-electron chi connectivity index (χ2n) is 7.40. The highest BCUT2D eigenvalue weighted by atomic mass is 16.5. The molecule has 0 spiro atoms. The molecule has 30 heavy (non-hydrogen) atoms. The standard InChI is InChI=1S/C23H24N4O3/c1-2-20(28)24-19-12-6-10-17(14-19)21-25-22(30-26-21)18-11-7-13-27(15-18)23(29)16-8-4-3-5-9-16/h3-6,8-10,12,14,18H,2,7,11,13,15H2,1H3,(H,24,28)/t18-/m0/s1. The highest BCUT2D eigenvalue weighted by Crippen LogP contribution is 2.29. The minimum atomic E-state index is -0.0497. The first-order chi connectivity index (χ1) is 14.6. The van der Waals surface area contributed by atoms with E-state index in [1.54, 1.807) is 6.92 Å². The third-order valence-electron chi connectivity index (χ3n) is 5.25. The first kappa shape index (κ1) is 19.8. The van der Waals surface area contributed by atoms with E-state index in [-0.39, 0.29) is 17.7 Å². The summed E-state index contributed by atoms with van der Waals surface area (Å²) >= 11 is 0. The number of rotatable bonds is 5. The fraction of sp³-hybridized carbons (Fsp3) is 0.304. The first-order valence-electron chi connectivity index (χ1n) is 10.2. The number of hydrogen-bond donors (Lipinski definition) is 1. The van der Waals surface area contributed by atoms with E-state index in [0.29, 0.717) is 35.9 Å². The van der Waals surface area contributed by atoms with Gasteiger partial charge in [0.1, 0.15) is 0 Å². The van der Waals surface area contributed by atoms with Crippen molar-refractivity contribution in [3.63, 3.8) is 0 Å². The molecule has 0 unspecified atom stereocenters. The predicted molar refractivity (Wildman–Crippen MR) is 113 cm³/mol. The molecule has 0 saturated carbocycles. The van der Waals surface area contributed by atoms with Crippen molar-refractivity contribution >= 4 is 17.5 Å². The molecule has 1 aromatic heterocycles. The summed E-state index contributed by atoms with van der Waals surface area (Å²) in [5, 5.41) is 6.96. The van der Waals surface area contributed by atoms with Crippen molar-refractivity contribution in [1.82, 2.24) is 15.0 Å². The van der Waals surface area contributed by atoms with Crippen molar-refractivity contribution in [3.8, 4) is 11.4 Å². The topological polar surface area (TPSA) is 88.3 Å². The third kappa shape index (κ3) is 4.40. The van der Waals surface area contributed by atoms with E-state index in [9.17, 15) is 9.59 Å². The number of anilines is 1. The van der Waals surface area contributed by atoms with Crippen LogP contribution in [0.3, 0.4) is 0 Å². The molecule has 1 fully saturated rings. The number of hydrogen-bond acceptors (Lipinski definition) is 5. The van der Waals surface area contributed by atoms with Crippen LogP contribution in [-0.2, 0) is 4.79 Å². The number of piperidine rings is 1. The van der Waals surface area contributed by atoms with Gasteiger partial charge < -0.3 is 14.7 Å². The first-order valence-corrected chi connectivity index (χ1v) is 10.2. The molecule has 3 aromatic rings. The maximum absolute atomic E-state index is 12.8. The van der Waals surface area contributed by atoms with Crippen molar-refractivity contribution < 1.29 is 14.1 Å². The Bertz CT molecular complexity index is 1030. The lowest BCUT2D eigenvalue weighted by atomic mass is 9.97. The number of benzene rings is 2. The smallest absolute Gasteiger partial charge is 0.253 e. The van der Waals surface area contributed by atoms with Crippen LogP contribution in [0.2, 0.25) is 0 Å². The number of likely N-dealkylation sites (tertiary alicyclic amines) is 1. The normalized spacial score (nSPS) is 16.3. The highest BCUT2D eigenvalue weighted by molar-refractivity contribution is 5.94. The molecule has 4 rings (SSSR count). The Hall–Kier alpha value is -3.48. The number of nitrogens with zero attached hydrogens (tertiary/aromatic N) is 3. The Morgan fingerprint density at radius 1 is 1.17 bits per heavy atom. The monoisotopic (exact) mass is 404 g/mol. The number of carbonyl (C=O) groups excluding carboxylic acids is 2. The Kier molecular flexibility index (Phi) is 5.88. The average Bonchev–Trinajstić information content (AvgIpc) is 3.30. The minimum Gasteiger partial charge on any atom is -0.339 e. The van der Waals surface area contributed by atoms with Gasteiger partial charge in [-0.2, -0.15) is 4.98 Å². The van der Waals surface area contributed by atoms with Gasteiger partial charge in [-0.15, -0.1) is 0 Å². The molecule has 2 aromatic carbocycles.